The van der Waals surface area contributed by atoms with Crippen LogP contribution in [0, 0.1) is 17.2 Å². The van der Waals surface area contributed by atoms with E-state index in [1.807, 2.05) is 28.8 Å². The predicted octanol–water partition coefficient (Wildman–Crippen LogP) is 2.43. The number of aromatic hydroxyl groups is 1. The van der Waals surface area contributed by atoms with Crippen molar-refractivity contribution in [2.45, 2.75) is 6.04 Å². The fraction of sp³-hybridized carbons (Fsp3) is 0.167. The highest BCUT2D eigenvalue weighted by molar-refractivity contribution is 5.97. The van der Waals surface area contributed by atoms with Gasteiger partial charge in [-0.1, -0.05) is 18.2 Å². The van der Waals surface area contributed by atoms with Crippen LogP contribution in [0.3, 0.4) is 0 Å². The molecule has 25 heavy (non-hydrogen) atoms. The summed E-state index contributed by atoms with van der Waals surface area (Å²) in [5, 5.41) is 22.1. The molecule has 3 aromatic rings. The van der Waals surface area contributed by atoms with Gasteiger partial charge in [-0.15, -0.1) is 0 Å². The Bertz CT molecular complexity index is 1030. The molecule has 0 aliphatic carbocycles. The second kappa shape index (κ2) is 5.53. The molecule has 0 fully saturated rings. The van der Waals surface area contributed by atoms with Gasteiger partial charge >= 0.3 is 0 Å². The van der Waals surface area contributed by atoms with Gasteiger partial charge < -0.3 is 14.4 Å². The molecule has 0 saturated heterocycles. The van der Waals surface area contributed by atoms with E-state index < -0.39 is 17.9 Å². The van der Waals surface area contributed by atoms with Crippen molar-refractivity contribution in [2.24, 2.45) is 5.92 Å². The van der Waals surface area contributed by atoms with Crippen molar-refractivity contribution in [3.63, 3.8) is 0 Å². The third-order valence-electron chi connectivity index (χ3n) is 4.39. The van der Waals surface area contributed by atoms with E-state index in [2.05, 4.69) is 16.4 Å². The summed E-state index contributed by atoms with van der Waals surface area (Å²) in [6.07, 6.45) is 0. The maximum absolute atomic E-state index is 12.4. The summed E-state index contributed by atoms with van der Waals surface area (Å²) in [4.78, 5) is 16.9. The van der Waals surface area contributed by atoms with Gasteiger partial charge in [-0.25, -0.2) is 4.98 Å². The molecule has 2 N–H and O–H groups in total. The minimum absolute atomic E-state index is 0.00395. The fourth-order valence-electron chi connectivity index (χ4n) is 3.24. The molecule has 2 atom stereocenters. The van der Waals surface area contributed by atoms with Crippen molar-refractivity contribution in [1.82, 2.24) is 9.55 Å². The number of methoxy groups -OCH3 is 1. The van der Waals surface area contributed by atoms with Gasteiger partial charge in [0.2, 0.25) is 11.9 Å². The largest absolute Gasteiger partial charge is 0.504 e. The first kappa shape index (κ1) is 15.0. The first-order chi connectivity index (χ1) is 12.1. The van der Waals surface area contributed by atoms with Crippen LogP contribution in [0.25, 0.3) is 11.0 Å². The number of imidazole rings is 1. The Balaban J connectivity index is 1.99. The highest BCUT2D eigenvalue weighted by Gasteiger charge is 2.39. The molecule has 1 aromatic heterocycles. The van der Waals surface area contributed by atoms with E-state index >= 15 is 0 Å². The number of fused-ring (bicyclic) bond motifs is 3. The lowest BCUT2D eigenvalue weighted by molar-refractivity contribution is -0.119. The number of hydrogen-bond donors (Lipinski definition) is 2. The number of rotatable bonds is 2. The first-order valence-corrected chi connectivity index (χ1v) is 7.68. The summed E-state index contributed by atoms with van der Waals surface area (Å²) in [6, 6.07) is 13.8. The van der Waals surface area contributed by atoms with E-state index in [1.165, 1.54) is 13.2 Å². The third kappa shape index (κ3) is 2.19. The average molecular weight is 334 g/mol. The molecule has 0 spiro atoms. The number of nitrogens with one attached hydrogen (secondary N) is 1. The Labute approximate surface area is 143 Å². The van der Waals surface area contributed by atoms with Crippen molar-refractivity contribution in [3.8, 4) is 17.6 Å². The van der Waals surface area contributed by atoms with Crippen LogP contribution in [0.5, 0.6) is 11.5 Å². The quantitative estimate of drug-likeness (QED) is 0.750. The van der Waals surface area contributed by atoms with E-state index in [0.29, 0.717) is 11.5 Å². The molecule has 1 aliphatic heterocycles. The molecule has 2 aromatic carbocycles. The zero-order valence-corrected chi connectivity index (χ0v) is 13.3. The summed E-state index contributed by atoms with van der Waals surface area (Å²) in [6.45, 7) is 0. The molecule has 0 bridgehead atoms. The van der Waals surface area contributed by atoms with Gasteiger partial charge in [-0.2, -0.15) is 5.26 Å². The summed E-state index contributed by atoms with van der Waals surface area (Å²) in [5.74, 6) is -0.654. The number of para-hydroxylation sites is 2. The standard InChI is InChI=1S/C18H14N4O3/c1-25-15-8-10(6-7-14(15)23)16-11(9-19)17(24)21-18-20-12-4-2-3-5-13(12)22(16)18/h2-8,11,16,23H,1H3,(H,20,21,24)/t11-,16-/m1/s1. The Morgan fingerprint density at radius 2 is 2.12 bits per heavy atom. The molecule has 7 nitrogen and oxygen atoms in total. The molecule has 0 radical (unpaired) electrons. The van der Waals surface area contributed by atoms with Crippen LogP contribution in [0.2, 0.25) is 0 Å². The predicted molar refractivity (Wildman–Crippen MR) is 90.3 cm³/mol. The van der Waals surface area contributed by atoms with Gasteiger partial charge in [-0.3, -0.25) is 10.1 Å². The number of carbonyl (C=O) groups excluding carboxylic acids is 1. The van der Waals surface area contributed by atoms with Gasteiger partial charge in [-0.05, 0) is 29.8 Å². The van der Waals surface area contributed by atoms with Gasteiger partial charge in [0.05, 0.1) is 30.3 Å². The van der Waals surface area contributed by atoms with Gasteiger partial charge in [0.25, 0.3) is 0 Å². The molecule has 0 unspecified atom stereocenters. The van der Waals surface area contributed by atoms with E-state index in [1.54, 1.807) is 12.1 Å². The maximum Gasteiger partial charge on any atom is 0.246 e. The van der Waals surface area contributed by atoms with Gasteiger partial charge in [0.1, 0.15) is 0 Å². The Morgan fingerprint density at radius 3 is 2.88 bits per heavy atom. The summed E-state index contributed by atoms with van der Waals surface area (Å²) < 4.78 is 7.01. The van der Waals surface area contributed by atoms with E-state index in [4.69, 9.17) is 4.74 Å². The topological polar surface area (TPSA) is 100 Å². The van der Waals surface area contributed by atoms with Crippen LogP contribution >= 0.6 is 0 Å². The SMILES string of the molecule is COc1cc([C@@H]2[C@@H](C#N)C(=O)Nc3nc4ccccc4n32)ccc1O. The van der Waals surface area contributed by atoms with Crippen molar-refractivity contribution >= 4 is 22.9 Å². The second-order valence-electron chi connectivity index (χ2n) is 5.77. The zero-order chi connectivity index (χ0) is 17.6. The van der Waals surface area contributed by atoms with E-state index in [0.717, 1.165) is 11.0 Å². The molecule has 7 heteroatoms. The van der Waals surface area contributed by atoms with Crippen LogP contribution < -0.4 is 10.1 Å². The molecular weight excluding hydrogens is 320 g/mol. The number of nitriles is 1. The minimum atomic E-state index is -0.931. The summed E-state index contributed by atoms with van der Waals surface area (Å²) >= 11 is 0. The van der Waals surface area contributed by atoms with Crippen molar-refractivity contribution in [1.29, 1.82) is 5.26 Å². The first-order valence-electron chi connectivity index (χ1n) is 7.68. The molecule has 1 amide bonds. The lowest BCUT2D eigenvalue weighted by Gasteiger charge is -2.30. The number of nitrogens with zero attached hydrogens (tertiary/aromatic N) is 3. The average Bonchev–Trinajstić information content (AvgIpc) is 2.98. The highest BCUT2D eigenvalue weighted by atomic mass is 16.5. The number of ether oxygens (including phenoxy) is 1. The van der Waals surface area contributed by atoms with Crippen molar-refractivity contribution < 1.29 is 14.6 Å². The van der Waals surface area contributed by atoms with Crippen LogP contribution in [0.1, 0.15) is 11.6 Å². The van der Waals surface area contributed by atoms with Crippen LogP contribution in [-0.4, -0.2) is 27.7 Å². The van der Waals surface area contributed by atoms with Crippen LogP contribution in [-0.2, 0) is 4.79 Å². The lowest BCUT2D eigenvalue weighted by Crippen LogP contribution is -2.37. The van der Waals surface area contributed by atoms with Crippen molar-refractivity contribution in [2.75, 3.05) is 12.4 Å². The number of benzene rings is 2. The monoisotopic (exact) mass is 334 g/mol. The third-order valence-corrected chi connectivity index (χ3v) is 4.39. The number of anilines is 1. The van der Waals surface area contributed by atoms with Gasteiger partial charge in [0.15, 0.2) is 17.4 Å². The Morgan fingerprint density at radius 1 is 1.32 bits per heavy atom. The smallest absolute Gasteiger partial charge is 0.246 e. The van der Waals surface area contributed by atoms with Gasteiger partial charge in [0, 0.05) is 0 Å². The minimum Gasteiger partial charge on any atom is -0.504 e. The second-order valence-corrected chi connectivity index (χ2v) is 5.77. The molecule has 1 aliphatic rings. The normalized spacial score (nSPS) is 19.1. The number of hydrogen-bond acceptors (Lipinski definition) is 5. The lowest BCUT2D eigenvalue weighted by atomic mass is 9.91. The fourth-order valence-corrected chi connectivity index (χ4v) is 3.24. The van der Waals surface area contributed by atoms with E-state index in [-0.39, 0.29) is 11.5 Å². The number of amides is 1. The molecular formula is C18H14N4O3. The molecule has 124 valence electrons. The number of carbonyl (C=O) groups is 1. The summed E-state index contributed by atoms with van der Waals surface area (Å²) in [7, 11) is 1.45. The Kier molecular flexibility index (Phi) is 3.32. The number of phenols is 1. The zero-order valence-electron chi connectivity index (χ0n) is 13.3. The van der Waals surface area contributed by atoms with Crippen LogP contribution in [0.4, 0.5) is 5.95 Å². The molecule has 0 saturated carbocycles. The summed E-state index contributed by atoms with van der Waals surface area (Å²) in [5.41, 5.74) is 2.22. The number of phenolic OH excluding ortho intramolecular Hbond substituents is 1. The number of aromatic nitrogens is 2. The maximum atomic E-state index is 12.4. The van der Waals surface area contributed by atoms with Crippen LogP contribution in [0.15, 0.2) is 42.5 Å². The molecule has 4 rings (SSSR count). The van der Waals surface area contributed by atoms with E-state index in [9.17, 15) is 15.2 Å². The Hall–Kier alpha value is -3.53. The van der Waals surface area contributed by atoms with Crippen molar-refractivity contribution in [3.05, 3.63) is 48.0 Å². The molecule has 2 heterocycles. The highest BCUT2D eigenvalue weighted by Crippen LogP contribution is 2.40.